The van der Waals surface area contributed by atoms with Gasteiger partial charge in [0, 0.05) is 18.8 Å². The van der Waals surface area contributed by atoms with Crippen LogP contribution in [0.2, 0.25) is 0 Å². The van der Waals surface area contributed by atoms with Gasteiger partial charge >= 0.3 is 0 Å². The quantitative estimate of drug-likeness (QED) is 0.471. The van der Waals surface area contributed by atoms with Crippen molar-refractivity contribution in [2.45, 2.75) is 26.4 Å². The number of nitrogens with zero attached hydrogens (tertiary/aromatic N) is 2. The second-order valence-corrected chi connectivity index (χ2v) is 3.97. The molecule has 1 atom stereocenters. The molecular formula is C12H21IN4O. The van der Waals surface area contributed by atoms with Crippen molar-refractivity contribution < 1.29 is 4.74 Å². The van der Waals surface area contributed by atoms with Gasteiger partial charge in [-0.05, 0) is 26.0 Å². The van der Waals surface area contributed by atoms with Crippen LogP contribution >= 0.6 is 24.0 Å². The summed E-state index contributed by atoms with van der Waals surface area (Å²) in [5.74, 6) is 0.415. The van der Waals surface area contributed by atoms with E-state index in [1.54, 1.807) is 7.11 Å². The van der Waals surface area contributed by atoms with E-state index in [0.29, 0.717) is 19.1 Å². The van der Waals surface area contributed by atoms with E-state index < -0.39 is 0 Å². The van der Waals surface area contributed by atoms with Crippen LogP contribution in [0.25, 0.3) is 0 Å². The van der Waals surface area contributed by atoms with Crippen LogP contribution in [0.3, 0.4) is 0 Å². The lowest BCUT2D eigenvalue weighted by Gasteiger charge is -2.12. The number of nitrogens with one attached hydrogen (secondary N) is 1. The van der Waals surface area contributed by atoms with E-state index in [1.807, 2.05) is 32.0 Å². The fourth-order valence-electron chi connectivity index (χ4n) is 1.44. The maximum atomic E-state index is 5.75. The van der Waals surface area contributed by atoms with Crippen molar-refractivity contribution in [3.05, 3.63) is 29.6 Å². The molecule has 1 heterocycles. The number of rotatable bonds is 5. The summed E-state index contributed by atoms with van der Waals surface area (Å²) < 4.78 is 5.00. The zero-order chi connectivity index (χ0) is 12.7. The molecule has 0 aliphatic rings. The van der Waals surface area contributed by atoms with E-state index in [1.165, 1.54) is 0 Å². The molecule has 0 radical (unpaired) electrons. The summed E-state index contributed by atoms with van der Waals surface area (Å²) in [7, 11) is 1.65. The predicted octanol–water partition coefficient (Wildman–Crippen LogP) is 1.45. The second kappa shape index (κ2) is 9.09. The Balaban J connectivity index is 0.00000289. The number of aromatic nitrogens is 1. The molecule has 1 rings (SSSR count). The molecule has 0 amide bonds. The van der Waals surface area contributed by atoms with Gasteiger partial charge in [0.15, 0.2) is 5.96 Å². The van der Waals surface area contributed by atoms with E-state index >= 15 is 0 Å². The highest BCUT2D eigenvalue weighted by molar-refractivity contribution is 14.0. The SMILES string of the molecule is COCC(C)NC(N)=NCc1cccc(C)n1.I. The molecule has 0 saturated carbocycles. The van der Waals surface area contributed by atoms with Gasteiger partial charge in [-0.2, -0.15) is 0 Å². The summed E-state index contributed by atoms with van der Waals surface area (Å²) in [6, 6.07) is 6.00. The third-order valence-electron chi connectivity index (χ3n) is 2.17. The minimum atomic E-state index is 0. The monoisotopic (exact) mass is 364 g/mol. The third kappa shape index (κ3) is 6.75. The Bertz CT molecular complexity index is 384. The number of guanidine groups is 1. The van der Waals surface area contributed by atoms with Crippen molar-refractivity contribution in [1.82, 2.24) is 10.3 Å². The van der Waals surface area contributed by atoms with Gasteiger partial charge in [0.1, 0.15) is 0 Å². The number of halogens is 1. The van der Waals surface area contributed by atoms with Crippen LogP contribution in [-0.4, -0.2) is 30.7 Å². The number of methoxy groups -OCH3 is 1. The summed E-state index contributed by atoms with van der Waals surface area (Å²) in [5.41, 5.74) is 7.64. The Hall–Kier alpha value is -0.890. The highest BCUT2D eigenvalue weighted by Gasteiger charge is 2.01. The van der Waals surface area contributed by atoms with Crippen LogP contribution in [0.1, 0.15) is 18.3 Å². The number of hydrogen-bond donors (Lipinski definition) is 2. The molecule has 0 bridgehead atoms. The zero-order valence-electron chi connectivity index (χ0n) is 11.0. The lowest BCUT2D eigenvalue weighted by molar-refractivity contribution is 0.179. The number of aryl methyl sites for hydroxylation is 1. The van der Waals surface area contributed by atoms with Gasteiger partial charge in [0.2, 0.25) is 0 Å². The Labute approximate surface area is 125 Å². The van der Waals surface area contributed by atoms with Crippen LogP contribution in [0.4, 0.5) is 0 Å². The maximum absolute atomic E-state index is 5.75. The van der Waals surface area contributed by atoms with Gasteiger partial charge in [-0.25, -0.2) is 4.99 Å². The standard InChI is InChI=1S/C12H20N4O.HI/c1-9-5-4-6-11(15-9)7-14-12(13)16-10(2)8-17-3;/h4-6,10H,7-8H2,1-3H3,(H3,13,14,16);1H. The fraction of sp³-hybridized carbons (Fsp3) is 0.500. The molecule has 3 N–H and O–H groups in total. The van der Waals surface area contributed by atoms with Crippen LogP contribution < -0.4 is 11.1 Å². The smallest absolute Gasteiger partial charge is 0.189 e. The summed E-state index contributed by atoms with van der Waals surface area (Å²) >= 11 is 0. The summed E-state index contributed by atoms with van der Waals surface area (Å²) in [6.45, 7) is 5.02. The Morgan fingerprint density at radius 3 is 2.89 bits per heavy atom. The van der Waals surface area contributed by atoms with Crippen molar-refractivity contribution in [2.75, 3.05) is 13.7 Å². The van der Waals surface area contributed by atoms with Crippen molar-refractivity contribution in [3.63, 3.8) is 0 Å². The topological polar surface area (TPSA) is 72.5 Å². The lowest BCUT2D eigenvalue weighted by atomic mass is 10.3. The highest BCUT2D eigenvalue weighted by Crippen LogP contribution is 1.99. The van der Waals surface area contributed by atoms with Gasteiger partial charge in [-0.15, -0.1) is 24.0 Å². The lowest BCUT2D eigenvalue weighted by Crippen LogP contribution is -2.40. The number of nitrogens with two attached hydrogens (primary N) is 1. The maximum Gasteiger partial charge on any atom is 0.189 e. The van der Waals surface area contributed by atoms with E-state index in [9.17, 15) is 0 Å². The van der Waals surface area contributed by atoms with Crippen LogP contribution in [0.15, 0.2) is 23.2 Å². The van der Waals surface area contributed by atoms with E-state index in [2.05, 4.69) is 15.3 Å². The fourth-order valence-corrected chi connectivity index (χ4v) is 1.44. The molecule has 0 aromatic carbocycles. The molecule has 1 aromatic heterocycles. The van der Waals surface area contributed by atoms with Gasteiger partial charge in [-0.3, -0.25) is 4.98 Å². The number of ether oxygens (including phenoxy) is 1. The van der Waals surface area contributed by atoms with E-state index in [-0.39, 0.29) is 30.0 Å². The van der Waals surface area contributed by atoms with Gasteiger partial charge in [-0.1, -0.05) is 6.07 Å². The minimum absolute atomic E-state index is 0. The third-order valence-corrected chi connectivity index (χ3v) is 2.17. The summed E-state index contributed by atoms with van der Waals surface area (Å²) in [4.78, 5) is 8.57. The molecular weight excluding hydrogens is 343 g/mol. The largest absolute Gasteiger partial charge is 0.383 e. The number of hydrogen-bond acceptors (Lipinski definition) is 3. The van der Waals surface area contributed by atoms with E-state index in [4.69, 9.17) is 10.5 Å². The molecule has 102 valence electrons. The van der Waals surface area contributed by atoms with Crippen molar-refractivity contribution >= 4 is 29.9 Å². The van der Waals surface area contributed by atoms with Crippen molar-refractivity contribution in [3.8, 4) is 0 Å². The average molecular weight is 364 g/mol. The zero-order valence-corrected chi connectivity index (χ0v) is 13.3. The second-order valence-electron chi connectivity index (χ2n) is 3.97. The van der Waals surface area contributed by atoms with E-state index in [0.717, 1.165) is 11.4 Å². The molecule has 18 heavy (non-hydrogen) atoms. The molecule has 5 nitrogen and oxygen atoms in total. The van der Waals surface area contributed by atoms with Crippen LogP contribution in [0.5, 0.6) is 0 Å². The van der Waals surface area contributed by atoms with Crippen molar-refractivity contribution in [2.24, 2.45) is 10.7 Å². The normalized spacial score (nSPS) is 12.7. The predicted molar refractivity (Wildman–Crippen MR) is 84.2 cm³/mol. The molecule has 1 unspecified atom stereocenters. The first-order valence-electron chi connectivity index (χ1n) is 5.59. The molecule has 0 aliphatic carbocycles. The average Bonchev–Trinajstić information content (AvgIpc) is 2.27. The Kier molecular flexibility index (Phi) is 8.65. The Morgan fingerprint density at radius 1 is 1.56 bits per heavy atom. The molecule has 0 fully saturated rings. The van der Waals surface area contributed by atoms with Gasteiger partial charge < -0.3 is 15.8 Å². The van der Waals surface area contributed by atoms with Crippen molar-refractivity contribution in [1.29, 1.82) is 0 Å². The van der Waals surface area contributed by atoms with Crippen LogP contribution in [-0.2, 0) is 11.3 Å². The van der Waals surface area contributed by atoms with Gasteiger partial charge in [0.25, 0.3) is 0 Å². The molecule has 1 aromatic rings. The molecule has 0 spiro atoms. The summed E-state index contributed by atoms with van der Waals surface area (Å²) in [6.07, 6.45) is 0. The number of aliphatic imine (C=N–C) groups is 1. The first-order chi connectivity index (χ1) is 8.11. The first kappa shape index (κ1) is 17.1. The molecule has 6 heteroatoms. The first-order valence-corrected chi connectivity index (χ1v) is 5.59. The Morgan fingerprint density at radius 2 is 2.28 bits per heavy atom. The van der Waals surface area contributed by atoms with Gasteiger partial charge in [0.05, 0.1) is 18.8 Å². The highest BCUT2D eigenvalue weighted by atomic mass is 127. The summed E-state index contributed by atoms with van der Waals surface area (Å²) in [5, 5.41) is 3.04. The molecule has 0 saturated heterocycles. The number of pyridine rings is 1. The van der Waals surface area contributed by atoms with Crippen LogP contribution in [0, 0.1) is 6.92 Å². The minimum Gasteiger partial charge on any atom is -0.383 e. The molecule has 0 aliphatic heterocycles.